The predicted octanol–water partition coefficient (Wildman–Crippen LogP) is 0.636. The number of nitrogens with zero attached hydrogens (tertiary/aromatic N) is 2. The Morgan fingerprint density at radius 3 is 3.05 bits per heavy atom. The van der Waals surface area contributed by atoms with Crippen LogP contribution in [-0.4, -0.2) is 41.7 Å². The summed E-state index contributed by atoms with van der Waals surface area (Å²) in [5.41, 5.74) is 0. The molecule has 0 bridgehead atoms. The molecule has 102 valence electrons. The van der Waals surface area contributed by atoms with Crippen LogP contribution >= 0.6 is 0 Å². The van der Waals surface area contributed by atoms with Gasteiger partial charge in [0, 0.05) is 31.1 Å². The van der Waals surface area contributed by atoms with Gasteiger partial charge in [-0.3, -0.25) is 4.79 Å². The number of hydrogen-bond donors (Lipinski definition) is 1. The second kappa shape index (κ2) is 5.13. The third-order valence-electron chi connectivity index (χ3n) is 3.45. The second-order valence-electron chi connectivity index (χ2n) is 4.99. The summed E-state index contributed by atoms with van der Waals surface area (Å²) in [5.74, 6) is 1.72. The molecule has 0 spiro atoms. The van der Waals surface area contributed by atoms with Crippen LogP contribution in [0.3, 0.4) is 0 Å². The van der Waals surface area contributed by atoms with Crippen molar-refractivity contribution in [3.63, 3.8) is 0 Å². The van der Waals surface area contributed by atoms with Gasteiger partial charge in [-0.15, -0.1) is 0 Å². The van der Waals surface area contributed by atoms with E-state index in [1.54, 1.807) is 12.3 Å². The van der Waals surface area contributed by atoms with E-state index in [2.05, 4.69) is 15.3 Å². The van der Waals surface area contributed by atoms with Crippen molar-refractivity contribution in [3.05, 3.63) is 18.1 Å². The molecule has 1 aliphatic carbocycles. The lowest BCUT2D eigenvalue weighted by molar-refractivity contribution is -0.142. The third-order valence-corrected chi connectivity index (χ3v) is 3.45. The number of hydrogen-bond acceptors (Lipinski definition) is 6. The summed E-state index contributed by atoms with van der Waals surface area (Å²) >= 11 is 0. The lowest BCUT2D eigenvalue weighted by Gasteiger charge is -2.12. The number of carbonyl (C=O) groups excluding carboxylic acids is 1. The number of rotatable bonds is 4. The Morgan fingerprint density at radius 1 is 1.47 bits per heavy atom. The van der Waals surface area contributed by atoms with Gasteiger partial charge in [0.05, 0.1) is 7.11 Å². The van der Waals surface area contributed by atoms with Gasteiger partial charge in [0.1, 0.15) is 18.0 Å². The zero-order valence-electron chi connectivity index (χ0n) is 10.8. The summed E-state index contributed by atoms with van der Waals surface area (Å²) in [6.45, 7) is 0.628. The minimum Gasteiger partial charge on any atom is -0.473 e. The molecular weight excluding hydrogens is 246 g/mol. The first-order valence-electron chi connectivity index (χ1n) is 6.57. The number of ether oxygens (including phenoxy) is 2. The van der Waals surface area contributed by atoms with E-state index in [4.69, 9.17) is 9.47 Å². The minimum atomic E-state index is -0.278. The summed E-state index contributed by atoms with van der Waals surface area (Å²) in [5, 5.41) is 3.08. The second-order valence-corrected chi connectivity index (χ2v) is 4.99. The molecule has 2 aliphatic rings. The molecule has 6 nitrogen and oxygen atoms in total. The number of carbonyl (C=O) groups is 1. The quantitative estimate of drug-likeness (QED) is 0.803. The third kappa shape index (κ3) is 2.84. The highest BCUT2D eigenvalue weighted by molar-refractivity contribution is 5.76. The highest BCUT2D eigenvalue weighted by atomic mass is 16.5. The zero-order valence-corrected chi connectivity index (χ0v) is 10.8. The fraction of sp³-hybridized carbons (Fsp3) is 0.615. The summed E-state index contributed by atoms with van der Waals surface area (Å²) in [6, 6.07) is 1.48. The largest absolute Gasteiger partial charge is 0.473 e. The topological polar surface area (TPSA) is 73.3 Å². The standard InChI is InChI=1S/C13H17N3O3/c1-18-13(17)10-6-9(7-15-10)19-11-4-5-14-12(16-11)8-2-3-8/h4-5,8-10,15H,2-3,6-7H2,1H3. The van der Waals surface area contributed by atoms with E-state index in [0.717, 1.165) is 5.82 Å². The van der Waals surface area contributed by atoms with Crippen LogP contribution < -0.4 is 10.1 Å². The summed E-state index contributed by atoms with van der Waals surface area (Å²) in [7, 11) is 1.39. The van der Waals surface area contributed by atoms with Gasteiger partial charge in [0.15, 0.2) is 0 Å². The molecule has 0 amide bonds. The van der Waals surface area contributed by atoms with Crippen LogP contribution in [0.1, 0.15) is 31.0 Å². The highest BCUT2D eigenvalue weighted by Crippen LogP contribution is 2.38. The fourth-order valence-corrected chi connectivity index (χ4v) is 2.25. The fourth-order valence-electron chi connectivity index (χ4n) is 2.25. The van der Waals surface area contributed by atoms with Crippen molar-refractivity contribution in [1.82, 2.24) is 15.3 Å². The average Bonchev–Trinajstić information content (AvgIpc) is 3.19. The van der Waals surface area contributed by atoms with Crippen molar-refractivity contribution >= 4 is 5.97 Å². The molecule has 0 aromatic carbocycles. The molecule has 19 heavy (non-hydrogen) atoms. The molecule has 2 atom stereocenters. The Hall–Kier alpha value is -1.69. The van der Waals surface area contributed by atoms with Crippen LogP contribution in [0.15, 0.2) is 12.3 Å². The zero-order chi connectivity index (χ0) is 13.2. The molecule has 1 saturated carbocycles. The molecule has 1 N–H and O–H groups in total. The molecule has 1 aliphatic heterocycles. The van der Waals surface area contributed by atoms with Gasteiger partial charge in [-0.25, -0.2) is 4.98 Å². The summed E-state index contributed by atoms with van der Waals surface area (Å²) < 4.78 is 10.5. The van der Waals surface area contributed by atoms with Gasteiger partial charge in [0.25, 0.3) is 0 Å². The van der Waals surface area contributed by atoms with Crippen molar-refractivity contribution in [2.24, 2.45) is 0 Å². The number of aromatic nitrogens is 2. The van der Waals surface area contributed by atoms with Gasteiger partial charge in [-0.2, -0.15) is 4.98 Å². The average molecular weight is 263 g/mol. The normalized spacial score (nSPS) is 26.2. The van der Waals surface area contributed by atoms with Gasteiger partial charge in [0.2, 0.25) is 5.88 Å². The molecule has 1 saturated heterocycles. The van der Waals surface area contributed by atoms with Gasteiger partial charge in [-0.1, -0.05) is 0 Å². The van der Waals surface area contributed by atoms with Gasteiger partial charge < -0.3 is 14.8 Å². The van der Waals surface area contributed by atoms with Crippen LogP contribution in [0.25, 0.3) is 0 Å². The minimum absolute atomic E-state index is 0.0500. The van der Waals surface area contributed by atoms with E-state index in [9.17, 15) is 4.79 Å². The van der Waals surface area contributed by atoms with Crippen molar-refractivity contribution < 1.29 is 14.3 Å². The van der Waals surface area contributed by atoms with Crippen molar-refractivity contribution in [1.29, 1.82) is 0 Å². The Morgan fingerprint density at radius 2 is 2.32 bits per heavy atom. The highest BCUT2D eigenvalue weighted by Gasteiger charge is 2.32. The molecule has 2 fully saturated rings. The molecule has 1 aromatic heterocycles. The monoisotopic (exact) mass is 263 g/mol. The first-order valence-corrected chi connectivity index (χ1v) is 6.57. The van der Waals surface area contributed by atoms with Crippen LogP contribution in [0.2, 0.25) is 0 Å². The van der Waals surface area contributed by atoms with Crippen molar-refractivity contribution in [2.45, 2.75) is 37.3 Å². The Kier molecular flexibility index (Phi) is 3.33. The SMILES string of the molecule is COC(=O)C1CC(Oc2ccnc(C3CC3)n2)CN1. The van der Waals surface area contributed by atoms with E-state index in [-0.39, 0.29) is 18.1 Å². The lowest BCUT2D eigenvalue weighted by Crippen LogP contribution is -2.31. The van der Waals surface area contributed by atoms with Crippen molar-refractivity contribution in [2.75, 3.05) is 13.7 Å². The van der Waals surface area contributed by atoms with E-state index in [1.807, 2.05) is 0 Å². The molecule has 3 rings (SSSR count). The maximum absolute atomic E-state index is 11.4. The molecule has 2 unspecified atom stereocenters. The first-order chi connectivity index (χ1) is 9.26. The van der Waals surface area contributed by atoms with Crippen LogP contribution in [-0.2, 0) is 9.53 Å². The number of methoxy groups -OCH3 is 1. The van der Waals surface area contributed by atoms with E-state index < -0.39 is 0 Å². The van der Waals surface area contributed by atoms with E-state index in [0.29, 0.717) is 24.8 Å². The van der Waals surface area contributed by atoms with Crippen LogP contribution in [0.4, 0.5) is 0 Å². The molecular formula is C13H17N3O3. The van der Waals surface area contributed by atoms with Crippen LogP contribution in [0, 0.1) is 0 Å². The first kappa shape index (κ1) is 12.3. The predicted molar refractivity (Wildman–Crippen MR) is 66.8 cm³/mol. The van der Waals surface area contributed by atoms with E-state index in [1.165, 1.54) is 20.0 Å². The Bertz CT molecular complexity index is 476. The van der Waals surface area contributed by atoms with Gasteiger partial charge >= 0.3 is 5.97 Å². The number of nitrogens with one attached hydrogen (secondary N) is 1. The molecule has 0 radical (unpaired) electrons. The van der Waals surface area contributed by atoms with E-state index >= 15 is 0 Å². The Balaban J connectivity index is 1.59. The molecule has 2 heterocycles. The Labute approximate surface area is 111 Å². The van der Waals surface area contributed by atoms with Crippen LogP contribution in [0.5, 0.6) is 5.88 Å². The summed E-state index contributed by atoms with van der Waals surface area (Å²) in [6.07, 6.45) is 4.62. The number of esters is 1. The van der Waals surface area contributed by atoms with Crippen molar-refractivity contribution in [3.8, 4) is 5.88 Å². The molecule has 6 heteroatoms. The van der Waals surface area contributed by atoms with Gasteiger partial charge in [-0.05, 0) is 12.8 Å². The maximum atomic E-state index is 11.4. The summed E-state index contributed by atoms with van der Waals surface area (Å²) in [4.78, 5) is 20.1. The molecule has 1 aromatic rings. The smallest absolute Gasteiger partial charge is 0.323 e. The maximum Gasteiger partial charge on any atom is 0.323 e. The lowest BCUT2D eigenvalue weighted by atomic mass is 10.2.